The molecule has 17 heavy (non-hydrogen) atoms. The fraction of sp³-hybridized carbons (Fsp3) is 0.500. The lowest BCUT2D eigenvalue weighted by Crippen LogP contribution is -2.28. The SMILES string of the molecule is CC(C)(N)c1cccc(CSCCN)c1.Cl.Cl. The maximum atomic E-state index is 6.05. The van der Waals surface area contributed by atoms with Crippen LogP contribution in [-0.2, 0) is 11.3 Å². The van der Waals surface area contributed by atoms with E-state index in [1.165, 1.54) is 11.1 Å². The quantitative estimate of drug-likeness (QED) is 0.822. The Balaban J connectivity index is 0. The highest BCUT2D eigenvalue weighted by Crippen LogP contribution is 2.20. The summed E-state index contributed by atoms with van der Waals surface area (Å²) >= 11 is 1.86. The summed E-state index contributed by atoms with van der Waals surface area (Å²) in [4.78, 5) is 0. The van der Waals surface area contributed by atoms with Gasteiger partial charge in [0.05, 0.1) is 0 Å². The smallest absolute Gasteiger partial charge is 0.0352 e. The van der Waals surface area contributed by atoms with Crippen molar-refractivity contribution >= 4 is 36.6 Å². The first kappa shape index (κ1) is 19.4. The van der Waals surface area contributed by atoms with Crippen molar-refractivity contribution in [3.05, 3.63) is 35.4 Å². The van der Waals surface area contributed by atoms with Crippen molar-refractivity contribution < 1.29 is 0 Å². The van der Waals surface area contributed by atoms with Crippen molar-refractivity contribution in [3.63, 3.8) is 0 Å². The van der Waals surface area contributed by atoms with Gasteiger partial charge in [0.1, 0.15) is 0 Å². The molecule has 0 amide bonds. The van der Waals surface area contributed by atoms with Gasteiger partial charge in [0, 0.05) is 23.6 Å². The number of hydrogen-bond acceptors (Lipinski definition) is 3. The summed E-state index contributed by atoms with van der Waals surface area (Å²) in [5.74, 6) is 2.03. The highest BCUT2D eigenvalue weighted by atomic mass is 35.5. The third-order valence-electron chi connectivity index (χ3n) is 2.20. The average Bonchev–Trinajstić information content (AvgIpc) is 2.17. The van der Waals surface area contributed by atoms with Gasteiger partial charge in [-0.15, -0.1) is 24.8 Å². The highest BCUT2D eigenvalue weighted by Gasteiger charge is 2.13. The van der Waals surface area contributed by atoms with E-state index < -0.39 is 0 Å². The van der Waals surface area contributed by atoms with E-state index in [9.17, 15) is 0 Å². The molecule has 1 aromatic rings. The molecule has 0 aliphatic heterocycles. The van der Waals surface area contributed by atoms with E-state index >= 15 is 0 Å². The summed E-state index contributed by atoms with van der Waals surface area (Å²) in [5, 5.41) is 0. The molecule has 1 aromatic carbocycles. The molecule has 100 valence electrons. The monoisotopic (exact) mass is 296 g/mol. The first-order valence-corrected chi connectivity index (χ1v) is 6.35. The predicted molar refractivity (Wildman–Crippen MR) is 83.4 cm³/mol. The molecule has 0 saturated carbocycles. The molecule has 0 spiro atoms. The fourth-order valence-corrected chi connectivity index (χ4v) is 2.06. The molecule has 1 rings (SSSR count). The zero-order valence-corrected chi connectivity index (χ0v) is 12.8. The maximum Gasteiger partial charge on any atom is 0.0352 e. The van der Waals surface area contributed by atoms with Crippen molar-refractivity contribution in [2.24, 2.45) is 11.5 Å². The summed E-state index contributed by atoms with van der Waals surface area (Å²) in [5.41, 5.74) is 13.8. The van der Waals surface area contributed by atoms with Crippen molar-refractivity contribution in [1.29, 1.82) is 0 Å². The van der Waals surface area contributed by atoms with Crippen LogP contribution in [0, 0.1) is 0 Å². The standard InChI is InChI=1S/C12H20N2S.2ClH/c1-12(2,14)11-5-3-4-10(8-11)9-15-7-6-13;;/h3-5,8H,6-7,9,13-14H2,1-2H3;2*1H. The highest BCUT2D eigenvalue weighted by molar-refractivity contribution is 7.98. The summed E-state index contributed by atoms with van der Waals surface area (Å²) in [7, 11) is 0. The van der Waals surface area contributed by atoms with Crippen molar-refractivity contribution in [2.75, 3.05) is 12.3 Å². The summed E-state index contributed by atoms with van der Waals surface area (Å²) in [6, 6.07) is 8.47. The predicted octanol–water partition coefficient (Wildman–Crippen LogP) is 2.92. The zero-order valence-electron chi connectivity index (χ0n) is 10.3. The first-order valence-electron chi connectivity index (χ1n) is 5.20. The van der Waals surface area contributed by atoms with Crippen LogP contribution in [0.2, 0.25) is 0 Å². The van der Waals surface area contributed by atoms with Crippen LogP contribution >= 0.6 is 36.6 Å². The van der Waals surface area contributed by atoms with E-state index in [4.69, 9.17) is 11.5 Å². The molecule has 0 bridgehead atoms. The normalized spacial score (nSPS) is 10.4. The molecule has 0 unspecified atom stereocenters. The van der Waals surface area contributed by atoms with Crippen LogP contribution in [0.25, 0.3) is 0 Å². The fourth-order valence-electron chi connectivity index (χ4n) is 1.34. The minimum Gasteiger partial charge on any atom is -0.330 e. The van der Waals surface area contributed by atoms with Gasteiger partial charge in [-0.25, -0.2) is 0 Å². The van der Waals surface area contributed by atoms with E-state index in [0.29, 0.717) is 0 Å². The minimum atomic E-state index is -0.255. The van der Waals surface area contributed by atoms with Gasteiger partial charge in [0.2, 0.25) is 0 Å². The second-order valence-corrected chi connectivity index (χ2v) is 5.37. The van der Waals surface area contributed by atoms with Crippen LogP contribution in [0.4, 0.5) is 0 Å². The topological polar surface area (TPSA) is 52.0 Å². The number of rotatable bonds is 5. The van der Waals surface area contributed by atoms with Crippen LogP contribution in [0.15, 0.2) is 24.3 Å². The van der Waals surface area contributed by atoms with Gasteiger partial charge in [-0.05, 0) is 25.0 Å². The molecule has 0 aliphatic carbocycles. The van der Waals surface area contributed by atoms with Gasteiger partial charge in [-0.2, -0.15) is 11.8 Å². The Bertz CT molecular complexity index is 314. The lowest BCUT2D eigenvalue weighted by molar-refractivity contribution is 0.554. The van der Waals surface area contributed by atoms with E-state index in [1.807, 2.05) is 25.6 Å². The molecule has 0 saturated heterocycles. The van der Waals surface area contributed by atoms with Crippen LogP contribution < -0.4 is 11.5 Å². The molecule has 2 nitrogen and oxygen atoms in total. The van der Waals surface area contributed by atoms with Gasteiger partial charge in [0.15, 0.2) is 0 Å². The molecule has 0 atom stereocenters. The molecule has 5 heteroatoms. The largest absolute Gasteiger partial charge is 0.330 e. The van der Waals surface area contributed by atoms with Gasteiger partial charge in [-0.1, -0.05) is 24.3 Å². The number of halogens is 2. The van der Waals surface area contributed by atoms with Crippen LogP contribution in [0.1, 0.15) is 25.0 Å². The Morgan fingerprint density at radius 1 is 1.24 bits per heavy atom. The van der Waals surface area contributed by atoms with Crippen LogP contribution in [0.3, 0.4) is 0 Å². The molecule has 0 aromatic heterocycles. The molecule has 0 fully saturated rings. The second-order valence-electron chi connectivity index (χ2n) is 4.26. The molecule has 0 aliphatic rings. The van der Waals surface area contributed by atoms with Gasteiger partial charge >= 0.3 is 0 Å². The number of thioether (sulfide) groups is 1. The molecule has 0 radical (unpaired) electrons. The van der Waals surface area contributed by atoms with E-state index in [-0.39, 0.29) is 30.4 Å². The van der Waals surface area contributed by atoms with E-state index in [0.717, 1.165) is 18.1 Å². The minimum absolute atomic E-state index is 0. The number of benzene rings is 1. The Morgan fingerprint density at radius 3 is 2.41 bits per heavy atom. The molecular weight excluding hydrogens is 275 g/mol. The molecule has 0 heterocycles. The Hall–Kier alpha value is 0.0700. The lowest BCUT2D eigenvalue weighted by Gasteiger charge is -2.19. The second kappa shape index (κ2) is 9.06. The third-order valence-corrected chi connectivity index (χ3v) is 3.26. The van der Waals surface area contributed by atoms with Crippen LogP contribution in [0.5, 0.6) is 0 Å². The first-order chi connectivity index (χ1) is 7.04. The maximum absolute atomic E-state index is 6.05. The summed E-state index contributed by atoms with van der Waals surface area (Å²) in [6.45, 7) is 4.80. The summed E-state index contributed by atoms with van der Waals surface area (Å²) < 4.78 is 0. The third kappa shape index (κ3) is 7.17. The van der Waals surface area contributed by atoms with E-state index in [2.05, 4.69) is 24.3 Å². The van der Waals surface area contributed by atoms with E-state index in [1.54, 1.807) is 0 Å². The Labute approximate surface area is 121 Å². The lowest BCUT2D eigenvalue weighted by atomic mass is 9.94. The van der Waals surface area contributed by atoms with Gasteiger partial charge in [0.25, 0.3) is 0 Å². The van der Waals surface area contributed by atoms with Crippen LogP contribution in [-0.4, -0.2) is 12.3 Å². The van der Waals surface area contributed by atoms with Gasteiger partial charge < -0.3 is 11.5 Å². The number of nitrogens with two attached hydrogens (primary N) is 2. The van der Waals surface area contributed by atoms with Crippen molar-refractivity contribution in [1.82, 2.24) is 0 Å². The average molecular weight is 297 g/mol. The van der Waals surface area contributed by atoms with Crippen molar-refractivity contribution in [2.45, 2.75) is 25.1 Å². The summed E-state index contributed by atoms with van der Waals surface area (Å²) in [6.07, 6.45) is 0. The van der Waals surface area contributed by atoms with Gasteiger partial charge in [-0.3, -0.25) is 0 Å². The van der Waals surface area contributed by atoms with Crippen molar-refractivity contribution in [3.8, 4) is 0 Å². The number of hydrogen-bond donors (Lipinski definition) is 2. The zero-order chi connectivity index (χ0) is 11.3. The molecular formula is C12H22Cl2N2S. The Morgan fingerprint density at radius 2 is 1.88 bits per heavy atom. The Kier molecular flexibility index (Phi) is 10.3. The molecule has 4 N–H and O–H groups in total.